The summed E-state index contributed by atoms with van der Waals surface area (Å²) >= 11 is 1.14. The van der Waals surface area contributed by atoms with E-state index in [4.69, 9.17) is 0 Å². The fourth-order valence-electron chi connectivity index (χ4n) is 1.50. The Labute approximate surface area is 131 Å². The highest BCUT2D eigenvalue weighted by molar-refractivity contribution is 7.99. The summed E-state index contributed by atoms with van der Waals surface area (Å²) in [5.41, 5.74) is 0.791. The summed E-state index contributed by atoms with van der Waals surface area (Å²) in [6, 6.07) is 8.75. The zero-order valence-electron chi connectivity index (χ0n) is 11.6. The summed E-state index contributed by atoms with van der Waals surface area (Å²) in [6.07, 6.45) is 1.52. The van der Waals surface area contributed by atoms with Crippen LogP contribution in [0.4, 0.5) is 4.79 Å². The third-order valence-corrected chi connectivity index (χ3v) is 3.35. The van der Waals surface area contributed by atoms with E-state index in [2.05, 4.69) is 32.7 Å². The van der Waals surface area contributed by atoms with Crippen molar-refractivity contribution >= 4 is 23.7 Å². The van der Waals surface area contributed by atoms with Crippen LogP contribution in [0.2, 0.25) is 0 Å². The van der Waals surface area contributed by atoms with E-state index in [1.807, 2.05) is 30.3 Å². The number of carbonyl (C=O) groups excluding carboxylic acids is 2. The molecular formula is C13H14N6O2S. The molecule has 0 spiro atoms. The fourth-order valence-corrected chi connectivity index (χ4v) is 2.19. The minimum absolute atomic E-state index is 0.0225. The summed E-state index contributed by atoms with van der Waals surface area (Å²) in [5, 5.41) is 16.5. The number of hydrogen-bond acceptors (Lipinski definition) is 6. The lowest BCUT2D eigenvalue weighted by atomic mass is 10.3. The van der Waals surface area contributed by atoms with Crippen LogP contribution in [0.15, 0.2) is 48.1 Å². The molecule has 9 heteroatoms. The first-order valence-electron chi connectivity index (χ1n) is 6.36. The van der Waals surface area contributed by atoms with Crippen molar-refractivity contribution in [2.75, 3.05) is 12.3 Å². The normalized spacial score (nSPS) is 10.0. The first kappa shape index (κ1) is 15.7. The highest BCUT2D eigenvalue weighted by Crippen LogP contribution is 2.17. The number of aromatic nitrogens is 4. The number of hydrogen-bond donors (Lipinski definition) is 2. The van der Waals surface area contributed by atoms with Gasteiger partial charge in [-0.1, -0.05) is 36.0 Å². The zero-order valence-corrected chi connectivity index (χ0v) is 12.4. The average Bonchev–Trinajstić information content (AvgIpc) is 3.00. The van der Waals surface area contributed by atoms with Crippen LogP contribution in [0, 0.1) is 0 Å². The van der Waals surface area contributed by atoms with Gasteiger partial charge in [-0.15, -0.1) is 11.7 Å². The molecule has 114 valence electrons. The molecule has 2 aromatic rings. The van der Waals surface area contributed by atoms with Crippen LogP contribution in [0.25, 0.3) is 5.69 Å². The van der Waals surface area contributed by atoms with Crippen molar-refractivity contribution in [2.45, 2.75) is 5.16 Å². The van der Waals surface area contributed by atoms with Crippen LogP contribution in [0.1, 0.15) is 0 Å². The second-order valence-corrected chi connectivity index (χ2v) is 4.99. The van der Waals surface area contributed by atoms with Gasteiger partial charge in [-0.3, -0.25) is 10.1 Å². The van der Waals surface area contributed by atoms with Gasteiger partial charge in [0.1, 0.15) is 0 Å². The highest BCUT2D eigenvalue weighted by Gasteiger charge is 2.12. The second kappa shape index (κ2) is 7.93. The molecule has 0 radical (unpaired) electrons. The third kappa shape index (κ3) is 4.42. The SMILES string of the molecule is C=CCNC(=O)NC(=O)CSc1nnnn1-c1ccccc1. The van der Waals surface area contributed by atoms with Crippen molar-refractivity contribution in [1.82, 2.24) is 30.8 Å². The van der Waals surface area contributed by atoms with Crippen molar-refractivity contribution in [3.63, 3.8) is 0 Å². The predicted octanol–water partition coefficient (Wildman–Crippen LogP) is 0.766. The van der Waals surface area contributed by atoms with Crippen molar-refractivity contribution in [3.05, 3.63) is 43.0 Å². The number of rotatable bonds is 6. The van der Waals surface area contributed by atoms with Crippen LogP contribution in [0.5, 0.6) is 0 Å². The number of imide groups is 1. The minimum Gasteiger partial charge on any atom is -0.334 e. The maximum atomic E-state index is 11.7. The van der Waals surface area contributed by atoms with E-state index in [1.165, 1.54) is 10.8 Å². The van der Waals surface area contributed by atoms with Crippen molar-refractivity contribution in [3.8, 4) is 5.69 Å². The number of para-hydroxylation sites is 1. The molecule has 0 aliphatic carbocycles. The Kier molecular flexibility index (Phi) is 5.66. The maximum Gasteiger partial charge on any atom is 0.321 e. The molecule has 8 nitrogen and oxygen atoms in total. The Morgan fingerprint density at radius 2 is 2.09 bits per heavy atom. The first-order valence-corrected chi connectivity index (χ1v) is 7.34. The van der Waals surface area contributed by atoms with Gasteiger partial charge in [0.2, 0.25) is 11.1 Å². The minimum atomic E-state index is -0.562. The molecule has 1 aromatic heterocycles. The van der Waals surface area contributed by atoms with E-state index in [0.717, 1.165) is 17.4 Å². The van der Waals surface area contributed by atoms with Gasteiger partial charge in [-0.25, -0.2) is 4.79 Å². The van der Waals surface area contributed by atoms with Crippen molar-refractivity contribution in [1.29, 1.82) is 0 Å². The number of urea groups is 1. The topological polar surface area (TPSA) is 102 Å². The van der Waals surface area contributed by atoms with E-state index in [-0.39, 0.29) is 5.75 Å². The molecule has 3 amide bonds. The summed E-state index contributed by atoms with van der Waals surface area (Å²) in [5.74, 6) is -0.413. The lowest BCUT2D eigenvalue weighted by molar-refractivity contribution is -0.117. The maximum absolute atomic E-state index is 11.7. The lowest BCUT2D eigenvalue weighted by Crippen LogP contribution is -2.40. The molecule has 2 rings (SSSR count). The predicted molar refractivity (Wildman–Crippen MR) is 81.6 cm³/mol. The standard InChI is InChI=1S/C13H14N6O2S/c1-2-8-14-12(21)15-11(20)9-22-13-16-17-18-19(13)10-6-4-3-5-7-10/h2-7H,1,8-9H2,(H2,14,15,20,21). The van der Waals surface area contributed by atoms with E-state index in [9.17, 15) is 9.59 Å². The first-order chi connectivity index (χ1) is 10.7. The molecule has 1 heterocycles. The van der Waals surface area contributed by atoms with Crippen LogP contribution >= 0.6 is 11.8 Å². The quantitative estimate of drug-likeness (QED) is 0.602. The Morgan fingerprint density at radius 3 is 2.82 bits per heavy atom. The highest BCUT2D eigenvalue weighted by atomic mass is 32.2. The summed E-state index contributed by atoms with van der Waals surface area (Å²) in [6.45, 7) is 3.75. The van der Waals surface area contributed by atoms with Crippen molar-refractivity contribution < 1.29 is 9.59 Å². The molecule has 0 aliphatic heterocycles. The molecule has 2 N–H and O–H groups in total. The third-order valence-electron chi connectivity index (χ3n) is 2.43. The molecule has 22 heavy (non-hydrogen) atoms. The zero-order chi connectivity index (χ0) is 15.8. The molecule has 0 saturated carbocycles. The molecule has 0 aliphatic rings. The Bertz CT molecular complexity index is 658. The van der Waals surface area contributed by atoms with Crippen molar-refractivity contribution in [2.24, 2.45) is 0 Å². The molecule has 0 saturated heterocycles. The van der Waals surface area contributed by atoms with Gasteiger partial charge < -0.3 is 5.32 Å². The summed E-state index contributed by atoms with van der Waals surface area (Å²) < 4.78 is 1.52. The van der Waals surface area contributed by atoms with E-state index < -0.39 is 11.9 Å². The van der Waals surface area contributed by atoms with Gasteiger partial charge in [0.25, 0.3) is 0 Å². The molecule has 0 bridgehead atoms. The summed E-state index contributed by atoms with van der Waals surface area (Å²) in [7, 11) is 0. The van der Waals surface area contributed by atoms with Gasteiger partial charge in [0, 0.05) is 6.54 Å². The monoisotopic (exact) mass is 318 g/mol. The van der Waals surface area contributed by atoms with Crippen LogP contribution in [-0.2, 0) is 4.79 Å². The fraction of sp³-hybridized carbons (Fsp3) is 0.154. The second-order valence-electron chi connectivity index (χ2n) is 4.04. The van der Waals surface area contributed by atoms with Crippen LogP contribution < -0.4 is 10.6 Å². The molecule has 0 fully saturated rings. The van der Waals surface area contributed by atoms with E-state index in [1.54, 1.807) is 0 Å². The Hall–Kier alpha value is -2.68. The van der Waals surface area contributed by atoms with Gasteiger partial charge >= 0.3 is 6.03 Å². The van der Waals surface area contributed by atoms with E-state index in [0.29, 0.717) is 11.7 Å². The number of nitrogens with one attached hydrogen (secondary N) is 2. The van der Waals surface area contributed by atoms with Gasteiger partial charge in [-0.05, 0) is 22.6 Å². The largest absolute Gasteiger partial charge is 0.334 e. The van der Waals surface area contributed by atoms with E-state index >= 15 is 0 Å². The van der Waals surface area contributed by atoms with Gasteiger partial charge in [0.15, 0.2) is 0 Å². The smallest absolute Gasteiger partial charge is 0.321 e. The number of thioether (sulfide) groups is 1. The number of carbonyl (C=O) groups is 2. The summed E-state index contributed by atoms with van der Waals surface area (Å²) in [4.78, 5) is 23.0. The number of benzene rings is 1. The Balaban J connectivity index is 1.90. The van der Waals surface area contributed by atoms with Crippen LogP contribution in [-0.4, -0.2) is 44.4 Å². The number of tetrazole rings is 1. The molecule has 0 atom stereocenters. The lowest BCUT2D eigenvalue weighted by Gasteiger charge is -2.05. The molecule has 1 aromatic carbocycles. The van der Waals surface area contributed by atoms with Gasteiger partial charge in [0.05, 0.1) is 11.4 Å². The van der Waals surface area contributed by atoms with Gasteiger partial charge in [-0.2, -0.15) is 4.68 Å². The molecule has 0 unspecified atom stereocenters. The van der Waals surface area contributed by atoms with Crippen LogP contribution in [0.3, 0.4) is 0 Å². The number of nitrogens with zero attached hydrogens (tertiary/aromatic N) is 4. The Morgan fingerprint density at radius 1 is 1.32 bits per heavy atom. The number of amides is 3. The molecular weight excluding hydrogens is 304 g/mol. The average molecular weight is 318 g/mol.